The minimum Gasteiger partial charge on any atom is -0.354 e. The van der Waals surface area contributed by atoms with Crippen LogP contribution in [-0.4, -0.2) is 0 Å². The van der Waals surface area contributed by atoms with Crippen molar-refractivity contribution in [3.63, 3.8) is 0 Å². The van der Waals surface area contributed by atoms with Gasteiger partial charge in [0.15, 0.2) is 0 Å². The molecule has 1 heteroatoms. The first kappa shape index (κ1) is 18.9. The summed E-state index contributed by atoms with van der Waals surface area (Å²) in [6, 6.07) is 39.1. The Bertz CT molecular complexity index is 1460. The Balaban J connectivity index is 1.62. The van der Waals surface area contributed by atoms with Gasteiger partial charge in [-0.15, -0.1) is 0 Å². The smallest absolute Gasteiger partial charge is 0.0473 e. The van der Waals surface area contributed by atoms with Crippen LogP contribution in [0.3, 0.4) is 0 Å². The Hall–Kier alpha value is -3.84. The predicted molar refractivity (Wildman–Crippen MR) is 137 cm³/mol. The highest BCUT2D eigenvalue weighted by atomic mass is 14.9. The number of rotatable bonds is 3. The Labute approximate surface area is 189 Å². The van der Waals surface area contributed by atoms with Gasteiger partial charge in [-0.2, -0.15) is 0 Å². The summed E-state index contributed by atoms with van der Waals surface area (Å²) in [5.74, 6) is 0. The maximum atomic E-state index is 3.84. The lowest BCUT2D eigenvalue weighted by molar-refractivity contribution is 0.666. The minimum atomic E-state index is -0.0534. The molecule has 0 aromatic heterocycles. The van der Waals surface area contributed by atoms with Gasteiger partial charge in [0, 0.05) is 27.9 Å². The number of anilines is 2. The van der Waals surface area contributed by atoms with E-state index in [0.29, 0.717) is 0 Å². The van der Waals surface area contributed by atoms with Crippen molar-refractivity contribution in [2.75, 3.05) is 5.32 Å². The summed E-state index contributed by atoms with van der Waals surface area (Å²) in [6.45, 7) is 4.71. The van der Waals surface area contributed by atoms with Gasteiger partial charge in [0.25, 0.3) is 0 Å². The molecule has 1 aliphatic rings. The van der Waals surface area contributed by atoms with Crippen molar-refractivity contribution >= 4 is 22.1 Å². The van der Waals surface area contributed by atoms with E-state index in [2.05, 4.69) is 128 Å². The van der Waals surface area contributed by atoms with Crippen molar-refractivity contribution < 1.29 is 0 Å². The SMILES string of the molecule is CC1(C)c2ccccc2-c2c(Nc3ccccc3-c3ccccc3)cc3ccccc3c21. The molecule has 5 aromatic carbocycles. The lowest BCUT2D eigenvalue weighted by Crippen LogP contribution is -2.15. The van der Waals surface area contributed by atoms with Gasteiger partial charge in [-0.25, -0.2) is 0 Å². The molecular formula is C31H25N. The van der Waals surface area contributed by atoms with Crippen molar-refractivity contribution in [1.82, 2.24) is 0 Å². The molecule has 0 atom stereocenters. The second-order valence-corrected chi connectivity index (χ2v) is 9.10. The number of para-hydroxylation sites is 1. The molecule has 1 N–H and O–H groups in total. The van der Waals surface area contributed by atoms with Gasteiger partial charge in [0.2, 0.25) is 0 Å². The van der Waals surface area contributed by atoms with Crippen molar-refractivity contribution in [2.45, 2.75) is 19.3 Å². The van der Waals surface area contributed by atoms with E-state index in [1.165, 1.54) is 49.8 Å². The maximum Gasteiger partial charge on any atom is 0.0473 e. The number of fused-ring (bicyclic) bond motifs is 5. The van der Waals surface area contributed by atoms with Gasteiger partial charge in [-0.1, -0.05) is 111 Å². The molecule has 0 radical (unpaired) electrons. The molecule has 0 bridgehead atoms. The van der Waals surface area contributed by atoms with Gasteiger partial charge in [-0.3, -0.25) is 0 Å². The Kier molecular flexibility index (Phi) is 4.19. The normalized spacial score (nSPS) is 13.6. The summed E-state index contributed by atoms with van der Waals surface area (Å²) >= 11 is 0. The molecule has 0 heterocycles. The van der Waals surface area contributed by atoms with Gasteiger partial charge >= 0.3 is 0 Å². The zero-order chi connectivity index (χ0) is 21.7. The van der Waals surface area contributed by atoms with Crippen LogP contribution < -0.4 is 5.32 Å². The molecule has 154 valence electrons. The van der Waals surface area contributed by atoms with Gasteiger partial charge in [0.1, 0.15) is 0 Å². The highest BCUT2D eigenvalue weighted by Gasteiger charge is 2.38. The van der Waals surface area contributed by atoms with Gasteiger partial charge < -0.3 is 5.32 Å². The third-order valence-corrected chi connectivity index (χ3v) is 6.83. The largest absolute Gasteiger partial charge is 0.354 e. The van der Waals surface area contributed by atoms with Crippen LogP contribution in [0, 0.1) is 0 Å². The summed E-state index contributed by atoms with van der Waals surface area (Å²) in [4.78, 5) is 0. The van der Waals surface area contributed by atoms with Crippen LogP contribution in [0.1, 0.15) is 25.0 Å². The third kappa shape index (κ3) is 2.78. The Morgan fingerprint density at radius 1 is 0.594 bits per heavy atom. The van der Waals surface area contributed by atoms with E-state index < -0.39 is 0 Å². The molecule has 0 saturated carbocycles. The zero-order valence-electron chi connectivity index (χ0n) is 18.4. The molecule has 0 amide bonds. The second-order valence-electron chi connectivity index (χ2n) is 9.10. The first-order valence-electron chi connectivity index (χ1n) is 11.2. The summed E-state index contributed by atoms with van der Waals surface area (Å²) in [5.41, 5.74) is 10.1. The average Bonchev–Trinajstić information content (AvgIpc) is 3.08. The molecule has 0 fully saturated rings. The minimum absolute atomic E-state index is 0.0534. The van der Waals surface area contributed by atoms with Crippen LogP contribution in [0.5, 0.6) is 0 Å². The van der Waals surface area contributed by atoms with Crippen molar-refractivity contribution in [3.05, 3.63) is 120 Å². The van der Waals surface area contributed by atoms with Crippen molar-refractivity contribution in [3.8, 4) is 22.3 Å². The molecule has 1 aliphatic carbocycles. The summed E-state index contributed by atoms with van der Waals surface area (Å²) < 4.78 is 0. The lowest BCUT2D eigenvalue weighted by Gasteiger charge is -2.24. The van der Waals surface area contributed by atoms with Gasteiger partial charge in [-0.05, 0) is 45.2 Å². The predicted octanol–water partition coefficient (Wildman–Crippen LogP) is 8.56. The highest BCUT2D eigenvalue weighted by molar-refractivity contribution is 6.04. The van der Waals surface area contributed by atoms with Crippen LogP contribution in [0.2, 0.25) is 0 Å². The summed E-state index contributed by atoms with van der Waals surface area (Å²) in [7, 11) is 0. The third-order valence-electron chi connectivity index (χ3n) is 6.83. The molecule has 6 rings (SSSR count). The van der Waals surface area contributed by atoms with E-state index in [1.807, 2.05) is 0 Å². The quantitative estimate of drug-likeness (QED) is 0.313. The fourth-order valence-corrected chi connectivity index (χ4v) is 5.36. The Morgan fingerprint density at radius 3 is 2.09 bits per heavy atom. The number of hydrogen-bond acceptors (Lipinski definition) is 1. The van der Waals surface area contributed by atoms with E-state index in [1.54, 1.807) is 0 Å². The Morgan fingerprint density at radius 2 is 1.25 bits per heavy atom. The second kappa shape index (κ2) is 7.10. The lowest BCUT2D eigenvalue weighted by atomic mass is 9.80. The number of nitrogens with one attached hydrogen (secondary N) is 1. The molecule has 0 saturated heterocycles. The number of benzene rings is 5. The van der Waals surface area contributed by atoms with E-state index in [0.717, 1.165) is 5.69 Å². The first-order valence-corrected chi connectivity index (χ1v) is 11.2. The fourth-order valence-electron chi connectivity index (χ4n) is 5.36. The highest BCUT2D eigenvalue weighted by Crippen LogP contribution is 2.54. The van der Waals surface area contributed by atoms with Crippen LogP contribution >= 0.6 is 0 Å². The summed E-state index contributed by atoms with van der Waals surface area (Å²) in [5, 5.41) is 6.45. The number of hydrogen-bond donors (Lipinski definition) is 1. The zero-order valence-corrected chi connectivity index (χ0v) is 18.4. The van der Waals surface area contributed by atoms with Crippen molar-refractivity contribution in [2.24, 2.45) is 0 Å². The first-order chi connectivity index (χ1) is 15.6. The molecule has 0 aliphatic heterocycles. The molecule has 5 aromatic rings. The van der Waals surface area contributed by atoms with Crippen LogP contribution in [0.15, 0.2) is 109 Å². The van der Waals surface area contributed by atoms with Crippen molar-refractivity contribution in [1.29, 1.82) is 0 Å². The molecular weight excluding hydrogens is 386 g/mol. The topological polar surface area (TPSA) is 12.0 Å². The fraction of sp³-hybridized carbons (Fsp3) is 0.0968. The molecule has 0 unspecified atom stereocenters. The maximum absolute atomic E-state index is 3.84. The van der Waals surface area contributed by atoms with Crippen LogP contribution in [0.25, 0.3) is 33.0 Å². The van der Waals surface area contributed by atoms with E-state index in [9.17, 15) is 0 Å². The van der Waals surface area contributed by atoms with E-state index in [4.69, 9.17) is 0 Å². The molecule has 0 spiro atoms. The van der Waals surface area contributed by atoms with Crippen LogP contribution in [0.4, 0.5) is 11.4 Å². The van der Waals surface area contributed by atoms with E-state index in [-0.39, 0.29) is 5.41 Å². The van der Waals surface area contributed by atoms with E-state index >= 15 is 0 Å². The van der Waals surface area contributed by atoms with Crippen LogP contribution in [-0.2, 0) is 5.41 Å². The monoisotopic (exact) mass is 411 g/mol. The standard InChI is InChI=1S/C31H25N/c1-31(2)26-18-10-8-17-25(26)29-28(20-22-14-6-7-16-24(22)30(29)31)32-27-19-11-9-15-23(27)21-12-4-3-5-13-21/h3-20,32H,1-2H3. The average molecular weight is 412 g/mol. The summed E-state index contributed by atoms with van der Waals surface area (Å²) in [6.07, 6.45) is 0. The molecule has 1 nitrogen and oxygen atoms in total. The molecule has 32 heavy (non-hydrogen) atoms. The van der Waals surface area contributed by atoms with Gasteiger partial charge in [0.05, 0.1) is 0 Å².